The van der Waals surface area contributed by atoms with Crippen LogP contribution in [0.5, 0.6) is 5.75 Å². The maximum Gasteiger partial charge on any atom is 0.310 e. The quantitative estimate of drug-likeness (QED) is 0.833. The summed E-state index contributed by atoms with van der Waals surface area (Å²) in [6.45, 7) is 0.233. The molecule has 4 rings (SSSR count). The lowest BCUT2D eigenvalue weighted by molar-refractivity contribution is -0.149. The highest BCUT2D eigenvalue weighted by Gasteiger charge is 2.30. The molecule has 5 nitrogen and oxygen atoms in total. The summed E-state index contributed by atoms with van der Waals surface area (Å²) >= 11 is 0. The highest BCUT2D eigenvalue weighted by atomic mass is 16.5. The maximum absolute atomic E-state index is 12.2. The molecule has 1 saturated carbocycles. The Bertz CT molecular complexity index is 828. The topological polar surface area (TPSA) is 64.6 Å². The number of amides is 1. The monoisotopic (exact) mass is 351 g/mol. The van der Waals surface area contributed by atoms with Crippen LogP contribution in [0, 0.1) is 0 Å². The number of carbonyl (C=O) groups excluding carboxylic acids is 2. The van der Waals surface area contributed by atoms with Gasteiger partial charge < -0.3 is 14.8 Å². The Balaban J connectivity index is 1.36. The lowest BCUT2D eigenvalue weighted by Crippen LogP contribution is -2.38. The SMILES string of the molecule is O=C(CC1Oc2ccccc2NC1=O)OCc1ccccc1C1CCC1. The fourth-order valence-corrected chi connectivity index (χ4v) is 3.38. The number of benzene rings is 2. The summed E-state index contributed by atoms with van der Waals surface area (Å²) in [4.78, 5) is 24.3. The van der Waals surface area contributed by atoms with E-state index in [1.54, 1.807) is 12.1 Å². The molecule has 1 aliphatic heterocycles. The van der Waals surface area contributed by atoms with Crippen molar-refractivity contribution in [1.82, 2.24) is 0 Å². The normalized spacial score (nSPS) is 18.9. The van der Waals surface area contributed by atoms with Gasteiger partial charge in [-0.3, -0.25) is 9.59 Å². The van der Waals surface area contributed by atoms with Crippen molar-refractivity contribution < 1.29 is 19.1 Å². The fourth-order valence-electron chi connectivity index (χ4n) is 3.38. The van der Waals surface area contributed by atoms with E-state index in [9.17, 15) is 9.59 Å². The second kappa shape index (κ2) is 7.20. The molecule has 0 aromatic heterocycles. The van der Waals surface area contributed by atoms with Gasteiger partial charge in [0.15, 0.2) is 6.10 Å². The third-order valence-electron chi connectivity index (χ3n) is 5.05. The lowest BCUT2D eigenvalue weighted by atomic mass is 9.78. The van der Waals surface area contributed by atoms with Gasteiger partial charge in [0.2, 0.25) is 0 Å². The predicted molar refractivity (Wildman–Crippen MR) is 96.9 cm³/mol. The molecule has 1 fully saturated rings. The van der Waals surface area contributed by atoms with Crippen molar-refractivity contribution in [3.63, 3.8) is 0 Å². The van der Waals surface area contributed by atoms with Crippen LogP contribution >= 0.6 is 0 Å². The van der Waals surface area contributed by atoms with Gasteiger partial charge in [-0.1, -0.05) is 42.8 Å². The zero-order valence-electron chi connectivity index (χ0n) is 14.4. The summed E-state index contributed by atoms with van der Waals surface area (Å²) in [7, 11) is 0. The number of para-hydroxylation sites is 2. The Labute approximate surface area is 152 Å². The zero-order valence-corrected chi connectivity index (χ0v) is 14.4. The van der Waals surface area contributed by atoms with Crippen LogP contribution in [0.2, 0.25) is 0 Å². The molecular formula is C21H21NO4. The van der Waals surface area contributed by atoms with Gasteiger partial charge in [0.05, 0.1) is 12.1 Å². The molecule has 134 valence electrons. The first-order valence-corrected chi connectivity index (χ1v) is 9.00. The molecule has 0 radical (unpaired) electrons. The van der Waals surface area contributed by atoms with E-state index in [1.807, 2.05) is 30.3 Å². The molecule has 0 spiro atoms. The molecular weight excluding hydrogens is 330 g/mol. The Kier molecular flexibility index (Phi) is 4.61. The summed E-state index contributed by atoms with van der Waals surface area (Å²) in [5.41, 5.74) is 2.94. The molecule has 5 heteroatoms. The third kappa shape index (κ3) is 3.43. The van der Waals surface area contributed by atoms with Gasteiger partial charge >= 0.3 is 5.97 Å². The number of hydrogen-bond donors (Lipinski definition) is 1. The molecule has 2 aromatic rings. The first-order valence-electron chi connectivity index (χ1n) is 9.00. The minimum Gasteiger partial charge on any atom is -0.478 e. The molecule has 26 heavy (non-hydrogen) atoms. The average Bonchev–Trinajstić information content (AvgIpc) is 2.60. The number of anilines is 1. The van der Waals surface area contributed by atoms with E-state index >= 15 is 0 Å². The van der Waals surface area contributed by atoms with E-state index in [0.29, 0.717) is 17.4 Å². The Morgan fingerprint density at radius 2 is 1.88 bits per heavy atom. The predicted octanol–water partition coefficient (Wildman–Crippen LogP) is 3.79. The molecule has 0 bridgehead atoms. The first-order chi connectivity index (χ1) is 12.7. The number of fused-ring (bicyclic) bond motifs is 1. The highest BCUT2D eigenvalue weighted by Crippen LogP contribution is 2.38. The smallest absolute Gasteiger partial charge is 0.310 e. The largest absolute Gasteiger partial charge is 0.478 e. The second-order valence-corrected chi connectivity index (χ2v) is 6.78. The maximum atomic E-state index is 12.2. The molecule has 2 aromatic carbocycles. The summed E-state index contributed by atoms with van der Waals surface area (Å²) in [5, 5.41) is 2.76. The van der Waals surface area contributed by atoms with Crippen molar-refractivity contribution in [2.45, 2.75) is 44.3 Å². The van der Waals surface area contributed by atoms with Crippen molar-refractivity contribution in [1.29, 1.82) is 0 Å². The van der Waals surface area contributed by atoms with Gasteiger partial charge in [-0.2, -0.15) is 0 Å². The summed E-state index contributed by atoms with van der Waals surface area (Å²) < 4.78 is 11.1. The van der Waals surface area contributed by atoms with Crippen LogP contribution in [-0.2, 0) is 20.9 Å². The minimum absolute atomic E-state index is 0.105. The van der Waals surface area contributed by atoms with E-state index in [0.717, 1.165) is 5.56 Å². The van der Waals surface area contributed by atoms with Gasteiger partial charge in [-0.25, -0.2) is 0 Å². The summed E-state index contributed by atoms with van der Waals surface area (Å²) in [5.74, 6) is 0.387. The van der Waals surface area contributed by atoms with Crippen LogP contribution in [0.25, 0.3) is 0 Å². The number of esters is 1. The Morgan fingerprint density at radius 3 is 2.69 bits per heavy atom. The number of rotatable bonds is 5. The van der Waals surface area contributed by atoms with Crippen LogP contribution in [0.15, 0.2) is 48.5 Å². The van der Waals surface area contributed by atoms with Crippen LogP contribution in [0.3, 0.4) is 0 Å². The minimum atomic E-state index is -0.862. The standard InChI is InChI=1S/C21H21NO4/c23-20(12-19-21(24)22-17-10-3-4-11-18(17)26-19)25-13-15-6-1-2-9-16(15)14-7-5-8-14/h1-4,6,9-11,14,19H,5,7-8,12-13H2,(H,22,24). The highest BCUT2D eigenvalue weighted by molar-refractivity contribution is 5.99. The number of hydrogen-bond acceptors (Lipinski definition) is 4. The second-order valence-electron chi connectivity index (χ2n) is 6.78. The summed E-state index contributed by atoms with van der Waals surface area (Å²) in [6, 6.07) is 15.3. The van der Waals surface area contributed by atoms with Crippen molar-refractivity contribution in [3.05, 3.63) is 59.7 Å². The molecule has 1 N–H and O–H groups in total. The Hall–Kier alpha value is -2.82. The van der Waals surface area contributed by atoms with Crippen LogP contribution in [0.1, 0.15) is 42.7 Å². The van der Waals surface area contributed by atoms with Crippen molar-refractivity contribution in [2.75, 3.05) is 5.32 Å². The van der Waals surface area contributed by atoms with Crippen molar-refractivity contribution in [3.8, 4) is 5.75 Å². The average molecular weight is 351 g/mol. The van der Waals surface area contributed by atoms with Gasteiger partial charge in [0, 0.05) is 0 Å². The molecule has 1 heterocycles. The van der Waals surface area contributed by atoms with Gasteiger partial charge in [-0.05, 0) is 42.0 Å². The van der Waals surface area contributed by atoms with E-state index in [1.165, 1.54) is 24.8 Å². The molecule has 2 aliphatic rings. The van der Waals surface area contributed by atoms with E-state index in [-0.39, 0.29) is 18.9 Å². The number of ether oxygens (including phenoxy) is 2. The third-order valence-corrected chi connectivity index (χ3v) is 5.05. The van der Waals surface area contributed by atoms with E-state index in [2.05, 4.69) is 11.4 Å². The fraction of sp³-hybridized carbons (Fsp3) is 0.333. The summed E-state index contributed by atoms with van der Waals surface area (Å²) in [6.07, 6.45) is 2.68. The molecule has 0 saturated heterocycles. The molecule has 1 amide bonds. The van der Waals surface area contributed by atoms with E-state index in [4.69, 9.17) is 9.47 Å². The van der Waals surface area contributed by atoms with Crippen molar-refractivity contribution >= 4 is 17.6 Å². The van der Waals surface area contributed by atoms with Crippen LogP contribution < -0.4 is 10.1 Å². The first kappa shape index (κ1) is 16.6. The molecule has 1 aliphatic carbocycles. The van der Waals surface area contributed by atoms with E-state index < -0.39 is 12.1 Å². The van der Waals surface area contributed by atoms with Crippen LogP contribution in [-0.4, -0.2) is 18.0 Å². The number of carbonyl (C=O) groups is 2. The lowest BCUT2D eigenvalue weighted by Gasteiger charge is -2.28. The van der Waals surface area contributed by atoms with Gasteiger partial charge in [-0.15, -0.1) is 0 Å². The van der Waals surface area contributed by atoms with Crippen molar-refractivity contribution in [2.24, 2.45) is 0 Å². The van der Waals surface area contributed by atoms with Gasteiger partial charge in [0.25, 0.3) is 5.91 Å². The number of nitrogens with one attached hydrogen (secondary N) is 1. The van der Waals surface area contributed by atoms with Crippen LogP contribution in [0.4, 0.5) is 5.69 Å². The Morgan fingerprint density at radius 1 is 1.12 bits per heavy atom. The van der Waals surface area contributed by atoms with Gasteiger partial charge in [0.1, 0.15) is 12.4 Å². The zero-order chi connectivity index (χ0) is 17.9. The molecule has 1 atom stereocenters. The molecule has 1 unspecified atom stereocenters.